The fourth-order valence-corrected chi connectivity index (χ4v) is 8.03. The molecule has 11 rings (SSSR count). The minimum Gasteiger partial charge on any atom is -0.307 e. The SMILES string of the molecule is c1ccc(-c2cc(-n3c4ccccc4c4ccc5c6ccccc6n(-c6nc(-c7ccccc7)nc(-c7ccccc7)n6)c5c43)cc(-c3ccccc3)n2)cc1. The summed E-state index contributed by atoms with van der Waals surface area (Å²) in [5, 5.41) is 4.53. The number of pyridine rings is 1. The van der Waals surface area contributed by atoms with Crippen molar-refractivity contribution >= 4 is 43.6 Å². The van der Waals surface area contributed by atoms with Crippen molar-refractivity contribution in [1.29, 1.82) is 0 Å². The molecule has 0 saturated carbocycles. The van der Waals surface area contributed by atoms with Crippen molar-refractivity contribution in [1.82, 2.24) is 29.1 Å². The molecule has 0 saturated heterocycles. The predicted octanol–water partition coefficient (Wildman–Crippen LogP) is 12.1. The van der Waals surface area contributed by atoms with E-state index in [4.69, 9.17) is 19.9 Å². The zero-order valence-electron chi connectivity index (χ0n) is 30.2. The summed E-state index contributed by atoms with van der Waals surface area (Å²) < 4.78 is 4.64. The van der Waals surface area contributed by atoms with Gasteiger partial charge >= 0.3 is 0 Å². The summed E-state index contributed by atoms with van der Waals surface area (Å²) >= 11 is 0. The zero-order valence-corrected chi connectivity index (χ0v) is 30.2. The van der Waals surface area contributed by atoms with Crippen molar-refractivity contribution in [3.05, 3.63) is 194 Å². The number of rotatable bonds is 6. The van der Waals surface area contributed by atoms with Crippen LogP contribution in [0.15, 0.2) is 194 Å². The van der Waals surface area contributed by atoms with Gasteiger partial charge in [-0.25, -0.2) is 9.97 Å². The summed E-state index contributed by atoms with van der Waals surface area (Å²) in [6, 6.07) is 67.3. The Morgan fingerprint density at radius 2 is 0.696 bits per heavy atom. The lowest BCUT2D eigenvalue weighted by molar-refractivity contribution is 0.953. The Balaban J connectivity index is 1.29. The summed E-state index contributed by atoms with van der Waals surface area (Å²) in [6.45, 7) is 0. The van der Waals surface area contributed by atoms with Gasteiger partial charge < -0.3 is 4.57 Å². The van der Waals surface area contributed by atoms with Crippen molar-refractivity contribution < 1.29 is 0 Å². The second-order valence-corrected chi connectivity index (χ2v) is 13.9. The van der Waals surface area contributed by atoms with E-state index in [9.17, 15) is 0 Å². The smallest absolute Gasteiger partial charge is 0.238 e. The van der Waals surface area contributed by atoms with Crippen molar-refractivity contribution in [3.63, 3.8) is 0 Å². The van der Waals surface area contributed by atoms with Crippen molar-refractivity contribution in [3.8, 4) is 56.9 Å². The molecule has 0 amide bonds. The Hall–Kier alpha value is -7.70. The topological polar surface area (TPSA) is 61.4 Å². The molecular weight excluding hydrogens is 685 g/mol. The quantitative estimate of drug-likeness (QED) is 0.172. The van der Waals surface area contributed by atoms with Crippen LogP contribution in [0.25, 0.3) is 101 Å². The molecular formula is C50H32N6. The molecule has 6 heteroatoms. The number of benzene rings is 7. The predicted molar refractivity (Wildman–Crippen MR) is 228 cm³/mol. The number of hydrogen-bond donors (Lipinski definition) is 0. The largest absolute Gasteiger partial charge is 0.307 e. The van der Waals surface area contributed by atoms with Crippen molar-refractivity contribution in [2.24, 2.45) is 0 Å². The van der Waals surface area contributed by atoms with Gasteiger partial charge in [0.1, 0.15) is 0 Å². The van der Waals surface area contributed by atoms with E-state index in [2.05, 4.69) is 130 Å². The van der Waals surface area contributed by atoms with Crippen LogP contribution >= 0.6 is 0 Å². The highest BCUT2D eigenvalue weighted by Gasteiger charge is 2.24. The first-order valence-electron chi connectivity index (χ1n) is 18.7. The van der Waals surface area contributed by atoms with Gasteiger partial charge in [-0.1, -0.05) is 170 Å². The van der Waals surface area contributed by atoms with Gasteiger partial charge in [0.25, 0.3) is 0 Å². The van der Waals surface area contributed by atoms with Crippen molar-refractivity contribution in [2.75, 3.05) is 0 Å². The van der Waals surface area contributed by atoms with E-state index >= 15 is 0 Å². The number of hydrogen-bond acceptors (Lipinski definition) is 4. The molecule has 0 aliphatic heterocycles. The third-order valence-corrected chi connectivity index (χ3v) is 10.6. The molecule has 4 aromatic heterocycles. The highest BCUT2D eigenvalue weighted by atomic mass is 15.2. The lowest BCUT2D eigenvalue weighted by Gasteiger charge is -2.15. The molecule has 6 nitrogen and oxygen atoms in total. The molecule has 0 radical (unpaired) electrons. The highest BCUT2D eigenvalue weighted by Crippen LogP contribution is 2.42. The van der Waals surface area contributed by atoms with Crippen LogP contribution in [0.4, 0.5) is 0 Å². The molecule has 0 aliphatic rings. The minimum absolute atomic E-state index is 0.554. The van der Waals surface area contributed by atoms with E-state index in [1.54, 1.807) is 0 Å². The molecule has 0 fully saturated rings. The van der Waals surface area contributed by atoms with Gasteiger partial charge in [-0.3, -0.25) is 4.57 Å². The molecule has 7 aromatic carbocycles. The average Bonchev–Trinajstić information content (AvgIpc) is 3.81. The van der Waals surface area contributed by atoms with E-state index in [0.717, 1.165) is 82.9 Å². The number of para-hydroxylation sites is 2. The fourth-order valence-electron chi connectivity index (χ4n) is 8.03. The lowest BCUT2D eigenvalue weighted by Crippen LogP contribution is -2.07. The molecule has 0 unspecified atom stereocenters. The standard InChI is InChI=1S/C50H32N6/c1-5-17-33(18-6-1)42-31-37(32-43(51-42)34-19-7-2-8-20-34)55-44-27-15-13-25-38(44)40-29-30-41-39-26-14-16-28-45(39)56(47(41)46(40)55)50-53-48(35-21-9-3-10-22-35)52-49(54-50)36-23-11-4-12-24-36/h1-32H. The average molecular weight is 717 g/mol. The van der Waals surface area contributed by atoms with Crippen LogP contribution in [0, 0.1) is 0 Å². The van der Waals surface area contributed by atoms with Gasteiger partial charge in [0.2, 0.25) is 5.95 Å². The molecule has 0 aliphatic carbocycles. The maximum atomic E-state index is 5.26. The molecule has 4 heterocycles. The Bertz CT molecular complexity index is 2890. The van der Waals surface area contributed by atoms with Gasteiger partial charge in [-0.2, -0.15) is 9.97 Å². The van der Waals surface area contributed by atoms with E-state index < -0.39 is 0 Å². The van der Waals surface area contributed by atoms with Gasteiger partial charge in [0, 0.05) is 43.8 Å². The zero-order chi connectivity index (χ0) is 37.0. The first-order valence-corrected chi connectivity index (χ1v) is 18.7. The maximum Gasteiger partial charge on any atom is 0.238 e. The van der Waals surface area contributed by atoms with E-state index in [0.29, 0.717) is 17.6 Å². The first-order chi connectivity index (χ1) is 27.8. The minimum atomic E-state index is 0.554. The third kappa shape index (κ3) is 5.19. The number of nitrogens with zero attached hydrogens (tertiary/aromatic N) is 6. The second kappa shape index (κ2) is 13.0. The van der Waals surface area contributed by atoms with Crippen LogP contribution in [-0.4, -0.2) is 29.1 Å². The summed E-state index contributed by atoms with van der Waals surface area (Å²) in [5.74, 6) is 1.78. The summed E-state index contributed by atoms with van der Waals surface area (Å²) in [7, 11) is 0. The van der Waals surface area contributed by atoms with Gasteiger partial charge in [0.15, 0.2) is 11.6 Å². The molecule has 0 bridgehead atoms. The van der Waals surface area contributed by atoms with Gasteiger partial charge in [0.05, 0.1) is 39.1 Å². The first kappa shape index (κ1) is 31.8. The van der Waals surface area contributed by atoms with Gasteiger partial charge in [-0.05, 0) is 24.3 Å². The monoisotopic (exact) mass is 716 g/mol. The van der Waals surface area contributed by atoms with E-state index in [1.165, 1.54) is 0 Å². The Labute approximate surface area is 322 Å². The molecule has 0 spiro atoms. The van der Waals surface area contributed by atoms with Crippen LogP contribution in [0.2, 0.25) is 0 Å². The fraction of sp³-hybridized carbons (Fsp3) is 0. The number of fused-ring (bicyclic) bond motifs is 7. The van der Waals surface area contributed by atoms with E-state index in [1.807, 2.05) is 72.8 Å². The maximum absolute atomic E-state index is 5.26. The molecule has 56 heavy (non-hydrogen) atoms. The molecule has 262 valence electrons. The van der Waals surface area contributed by atoms with Crippen LogP contribution in [0.1, 0.15) is 0 Å². The second-order valence-electron chi connectivity index (χ2n) is 13.9. The molecule has 0 atom stereocenters. The Morgan fingerprint density at radius 3 is 1.18 bits per heavy atom. The lowest BCUT2D eigenvalue weighted by atomic mass is 10.1. The molecule has 0 N–H and O–H groups in total. The van der Waals surface area contributed by atoms with Gasteiger partial charge in [-0.15, -0.1) is 0 Å². The van der Waals surface area contributed by atoms with Crippen LogP contribution < -0.4 is 0 Å². The van der Waals surface area contributed by atoms with Crippen LogP contribution in [0.5, 0.6) is 0 Å². The van der Waals surface area contributed by atoms with E-state index in [-0.39, 0.29) is 0 Å². The third-order valence-electron chi connectivity index (χ3n) is 10.6. The van der Waals surface area contributed by atoms with Crippen molar-refractivity contribution in [2.45, 2.75) is 0 Å². The summed E-state index contributed by atoms with van der Waals surface area (Å²) in [4.78, 5) is 20.8. The van der Waals surface area contributed by atoms with Crippen LogP contribution in [-0.2, 0) is 0 Å². The summed E-state index contributed by atoms with van der Waals surface area (Å²) in [6.07, 6.45) is 0. The highest BCUT2D eigenvalue weighted by molar-refractivity contribution is 6.23. The Kier molecular flexibility index (Phi) is 7.38. The normalized spacial score (nSPS) is 11.6. The molecule has 11 aromatic rings. The van der Waals surface area contributed by atoms with Crippen LogP contribution in [0.3, 0.4) is 0 Å². The Morgan fingerprint density at radius 1 is 0.304 bits per heavy atom. The summed E-state index contributed by atoms with van der Waals surface area (Å²) in [5.41, 5.74) is 11.0. The number of aromatic nitrogens is 6.